The quantitative estimate of drug-likeness (QED) is 0.769. The van der Waals surface area contributed by atoms with E-state index >= 15 is 0 Å². The van der Waals surface area contributed by atoms with Crippen LogP contribution >= 0.6 is 11.3 Å². The molecule has 0 radical (unpaired) electrons. The van der Waals surface area contributed by atoms with E-state index in [9.17, 15) is 14.7 Å². The molecule has 0 aromatic carbocycles. The molecule has 1 aliphatic heterocycles. The number of β-amino-alcohol motifs (C(OH)–C–C–N with tert-alkyl or cyclic N) is 1. The second-order valence-electron chi connectivity index (χ2n) is 8.57. The third-order valence-corrected chi connectivity index (χ3v) is 5.66. The van der Waals surface area contributed by atoms with E-state index in [1.54, 1.807) is 17.9 Å². The molecule has 3 heterocycles. The van der Waals surface area contributed by atoms with Gasteiger partial charge in [0.25, 0.3) is 0 Å². The molecule has 9 heteroatoms. The van der Waals surface area contributed by atoms with Crippen LogP contribution in [0, 0.1) is 12.3 Å². The van der Waals surface area contributed by atoms with E-state index in [0.29, 0.717) is 12.1 Å². The van der Waals surface area contributed by atoms with Crippen LogP contribution in [0.3, 0.4) is 0 Å². The number of thiazole rings is 1. The summed E-state index contributed by atoms with van der Waals surface area (Å²) in [6.07, 6.45) is 3.18. The van der Waals surface area contributed by atoms with Gasteiger partial charge in [-0.25, -0.2) is 4.98 Å². The van der Waals surface area contributed by atoms with Crippen molar-refractivity contribution in [3.05, 3.63) is 29.3 Å². The summed E-state index contributed by atoms with van der Waals surface area (Å²) in [5, 5.41) is 12.8. The summed E-state index contributed by atoms with van der Waals surface area (Å²) in [5.41, 5.74) is 3.86. The van der Waals surface area contributed by atoms with Gasteiger partial charge in [-0.2, -0.15) is 0 Å². The fourth-order valence-electron chi connectivity index (χ4n) is 3.30. The summed E-state index contributed by atoms with van der Waals surface area (Å²) in [6.45, 7) is 8.25. The Balaban J connectivity index is 1.60. The Morgan fingerprint density at radius 1 is 1.28 bits per heavy atom. The second-order valence-corrected chi connectivity index (χ2v) is 9.42. The molecule has 0 bridgehead atoms. The molecule has 1 aliphatic rings. The maximum Gasteiger partial charge on any atom is 0.243 e. The third kappa shape index (κ3) is 5.36. The monoisotopic (exact) mass is 417 g/mol. The van der Waals surface area contributed by atoms with Crippen molar-refractivity contribution in [3.8, 4) is 10.6 Å². The number of carbonyl (C=O) groups excluding carboxylic acids is 2. The summed E-state index contributed by atoms with van der Waals surface area (Å²) in [4.78, 5) is 40.7. The van der Waals surface area contributed by atoms with Crippen molar-refractivity contribution >= 4 is 23.2 Å². The first-order valence-electron chi connectivity index (χ1n) is 9.60. The minimum Gasteiger partial charge on any atom is -0.391 e. The first-order chi connectivity index (χ1) is 13.6. The second kappa shape index (κ2) is 8.54. The molecule has 1 fully saturated rings. The summed E-state index contributed by atoms with van der Waals surface area (Å²) >= 11 is 1.51. The lowest BCUT2D eigenvalue weighted by Crippen LogP contribution is -2.46. The standard InChI is InChI=1S/C20H27N5O3S/c1-12-18(29-11-24-12)15-9-21-13(7-22-15)8-23-19(28)16-5-14(26)10-25(16)17(27)6-20(2,3)4/h7,9,11,14,16,26H,5-6,8,10H2,1-4H3,(H,23,28)/t14-,16+/m1/s1. The molecule has 0 aliphatic carbocycles. The van der Waals surface area contributed by atoms with Crippen LogP contribution in [-0.4, -0.2) is 55.5 Å². The van der Waals surface area contributed by atoms with E-state index in [0.717, 1.165) is 16.3 Å². The number of hydrogen-bond acceptors (Lipinski definition) is 7. The van der Waals surface area contributed by atoms with E-state index in [1.807, 2.05) is 27.7 Å². The minimum absolute atomic E-state index is 0.113. The number of aryl methyl sites for hydroxylation is 1. The molecule has 0 spiro atoms. The zero-order valence-corrected chi connectivity index (χ0v) is 18.0. The largest absolute Gasteiger partial charge is 0.391 e. The van der Waals surface area contributed by atoms with Gasteiger partial charge in [-0.05, 0) is 12.3 Å². The Morgan fingerprint density at radius 3 is 2.62 bits per heavy atom. The van der Waals surface area contributed by atoms with Crippen LogP contribution < -0.4 is 5.32 Å². The molecule has 3 rings (SSSR count). The lowest BCUT2D eigenvalue weighted by Gasteiger charge is -2.27. The van der Waals surface area contributed by atoms with E-state index in [2.05, 4.69) is 20.3 Å². The third-order valence-electron chi connectivity index (χ3n) is 4.71. The first-order valence-corrected chi connectivity index (χ1v) is 10.5. The average Bonchev–Trinajstić information content (AvgIpc) is 3.24. The summed E-state index contributed by atoms with van der Waals surface area (Å²) in [6, 6.07) is -0.660. The van der Waals surface area contributed by atoms with Crippen LogP contribution in [0.25, 0.3) is 10.6 Å². The van der Waals surface area contributed by atoms with Gasteiger partial charge < -0.3 is 15.3 Å². The normalized spacial score (nSPS) is 19.4. The van der Waals surface area contributed by atoms with Crippen LogP contribution in [0.2, 0.25) is 0 Å². The average molecular weight is 418 g/mol. The highest BCUT2D eigenvalue weighted by atomic mass is 32.1. The predicted octanol–water partition coefficient (Wildman–Crippen LogP) is 1.92. The van der Waals surface area contributed by atoms with Crippen molar-refractivity contribution < 1.29 is 14.7 Å². The molecule has 0 saturated carbocycles. The van der Waals surface area contributed by atoms with E-state index in [-0.39, 0.29) is 36.7 Å². The Hall–Kier alpha value is -2.39. The van der Waals surface area contributed by atoms with Crippen molar-refractivity contribution in [1.82, 2.24) is 25.2 Å². The topological polar surface area (TPSA) is 108 Å². The van der Waals surface area contributed by atoms with Gasteiger partial charge >= 0.3 is 0 Å². The lowest BCUT2D eigenvalue weighted by molar-refractivity contribution is -0.140. The number of likely N-dealkylation sites (tertiary alicyclic amines) is 1. The van der Waals surface area contributed by atoms with Crippen molar-refractivity contribution in [2.24, 2.45) is 5.41 Å². The highest BCUT2D eigenvalue weighted by Gasteiger charge is 2.39. The Kier molecular flexibility index (Phi) is 6.28. The number of aliphatic hydroxyl groups is 1. The van der Waals surface area contributed by atoms with Gasteiger partial charge in [0.05, 0.1) is 46.8 Å². The number of amides is 2. The molecule has 29 heavy (non-hydrogen) atoms. The number of aromatic nitrogens is 3. The first kappa shape index (κ1) is 21.3. The maximum atomic E-state index is 12.7. The highest BCUT2D eigenvalue weighted by molar-refractivity contribution is 7.13. The van der Waals surface area contributed by atoms with Gasteiger partial charge in [0.1, 0.15) is 11.7 Å². The molecule has 156 valence electrons. The van der Waals surface area contributed by atoms with Crippen LogP contribution in [0.4, 0.5) is 0 Å². The SMILES string of the molecule is Cc1ncsc1-c1cnc(CNC(=O)[C@@H]2C[C@@H](O)CN2C(=O)CC(C)(C)C)cn1. The number of nitrogens with one attached hydrogen (secondary N) is 1. The number of carbonyl (C=O) groups is 2. The molecule has 0 unspecified atom stereocenters. The van der Waals surface area contributed by atoms with Crippen molar-refractivity contribution in [2.75, 3.05) is 6.54 Å². The number of hydrogen-bond donors (Lipinski definition) is 2. The summed E-state index contributed by atoms with van der Waals surface area (Å²) in [5.74, 6) is -0.397. The molecule has 2 amide bonds. The van der Waals surface area contributed by atoms with Gasteiger partial charge in [0.15, 0.2) is 0 Å². The lowest BCUT2D eigenvalue weighted by atomic mass is 9.91. The number of rotatable bonds is 5. The Bertz CT molecular complexity index is 875. The van der Waals surface area contributed by atoms with Crippen LogP contribution in [0.5, 0.6) is 0 Å². The number of aliphatic hydroxyl groups excluding tert-OH is 1. The zero-order chi connectivity index (χ0) is 21.2. The molecule has 2 atom stereocenters. The van der Waals surface area contributed by atoms with Gasteiger partial charge in [-0.3, -0.25) is 19.6 Å². The van der Waals surface area contributed by atoms with E-state index in [1.165, 1.54) is 16.2 Å². The smallest absolute Gasteiger partial charge is 0.243 e. The summed E-state index contributed by atoms with van der Waals surface area (Å²) < 4.78 is 0. The fraction of sp³-hybridized carbons (Fsp3) is 0.550. The number of nitrogens with zero attached hydrogens (tertiary/aromatic N) is 4. The van der Waals surface area contributed by atoms with Crippen LogP contribution in [0.1, 0.15) is 45.0 Å². The highest BCUT2D eigenvalue weighted by Crippen LogP contribution is 2.26. The van der Waals surface area contributed by atoms with Crippen LogP contribution in [0.15, 0.2) is 17.9 Å². The van der Waals surface area contributed by atoms with Crippen LogP contribution in [-0.2, 0) is 16.1 Å². The predicted molar refractivity (Wildman–Crippen MR) is 110 cm³/mol. The van der Waals surface area contributed by atoms with Gasteiger partial charge in [0, 0.05) is 19.4 Å². The molecule has 2 aromatic heterocycles. The molecule has 8 nitrogen and oxygen atoms in total. The van der Waals surface area contributed by atoms with E-state index in [4.69, 9.17) is 0 Å². The van der Waals surface area contributed by atoms with Gasteiger partial charge in [0.2, 0.25) is 11.8 Å². The van der Waals surface area contributed by atoms with Crippen molar-refractivity contribution in [2.45, 2.75) is 59.2 Å². The molecular formula is C20H27N5O3S. The fourth-order valence-corrected chi connectivity index (χ4v) is 4.07. The van der Waals surface area contributed by atoms with Crippen molar-refractivity contribution in [3.63, 3.8) is 0 Å². The molecule has 2 aromatic rings. The summed E-state index contributed by atoms with van der Waals surface area (Å²) in [7, 11) is 0. The van der Waals surface area contributed by atoms with E-state index < -0.39 is 12.1 Å². The minimum atomic E-state index is -0.684. The Morgan fingerprint density at radius 2 is 2.03 bits per heavy atom. The molecular weight excluding hydrogens is 390 g/mol. The van der Waals surface area contributed by atoms with Crippen molar-refractivity contribution in [1.29, 1.82) is 0 Å². The molecule has 2 N–H and O–H groups in total. The maximum absolute atomic E-state index is 12.7. The molecule has 1 saturated heterocycles. The van der Waals surface area contributed by atoms with Gasteiger partial charge in [-0.15, -0.1) is 11.3 Å². The Labute approximate surface area is 174 Å². The van der Waals surface area contributed by atoms with Gasteiger partial charge in [-0.1, -0.05) is 20.8 Å². The zero-order valence-electron chi connectivity index (χ0n) is 17.2.